The van der Waals surface area contributed by atoms with E-state index < -0.39 is 23.5 Å². The lowest BCUT2D eigenvalue weighted by molar-refractivity contribution is 0.0529. The van der Waals surface area contributed by atoms with Crippen molar-refractivity contribution in [1.82, 2.24) is 5.32 Å². The third kappa shape index (κ3) is 5.68. The molecular formula is C14H19FN2O4. The van der Waals surface area contributed by atoms with Crippen LogP contribution in [0.5, 0.6) is 0 Å². The molecule has 0 saturated heterocycles. The zero-order valence-electron chi connectivity index (χ0n) is 12.2. The fourth-order valence-electron chi connectivity index (χ4n) is 1.55. The van der Waals surface area contributed by atoms with Gasteiger partial charge in [-0.1, -0.05) is 6.07 Å². The maximum atomic E-state index is 13.6. The average molecular weight is 298 g/mol. The smallest absolute Gasteiger partial charge is 0.407 e. The number of amides is 1. The molecule has 0 spiro atoms. The van der Waals surface area contributed by atoms with Crippen molar-refractivity contribution in [3.05, 3.63) is 29.6 Å². The number of carbonyl (C=O) groups excluding carboxylic acids is 1. The molecular weight excluding hydrogens is 279 g/mol. The van der Waals surface area contributed by atoms with Gasteiger partial charge in [-0.25, -0.2) is 14.0 Å². The summed E-state index contributed by atoms with van der Waals surface area (Å²) in [5.74, 6) is -1.88. The van der Waals surface area contributed by atoms with Crippen molar-refractivity contribution in [2.45, 2.75) is 26.4 Å². The summed E-state index contributed by atoms with van der Waals surface area (Å²) in [5.41, 5.74) is -0.859. The van der Waals surface area contributed by atoms with Crippen LogP contribution in [-0.4, -0.2) is 35.9 Å². The highest BCUT2D eigenvalue weighted by molar-refractivity contribution is 5.94. The van der Waals surface area contributed by atoms with Crippen LogP contribution in [0.25, 0.3) is 0 Å². The van der Waals surface area contributed by atoms with E-state index in [1.165, 1.54) is 12.1 Å². The Kier molecular flexibility index (Phi) is 5.52. The highest BCUT2D eigenvalue weighted by atomic mass is 19.1. The lowest BCUT2D eigenvalue weighted by Gasteiger charge is -2.19. The highest BCUT2D eigenvalue weighted by Crippen LogP contribution is 2.19. The second-order valence-corrected chi connectivity index (χ2v) is 5.32. The van der Waals surface area contributed by atoms with E-state index in [4.69, 9.17) is 9.84 Å². The van der Waals surface area contributed by atoms with E-state index in [0.717, 1.165) is 6.07 Å². The van der Waals surface area contributed by atoms with E-state index in [1.807, 2.05) is 0 Å². The molecule has 0 aliphatic heterocycles. The standard InChI is InChI=1S/C14H19FN2O4/c1-14(2,3)21-13(20)17-8-7-16-11-9(12(18)19)5-4-6-10(11)15/h4-6,16H,7-8H2,1-3H3,(H,17,20)(H,18,19). The molecule has 7 heteroatoms. The minimum Gasteiger partial charge on any atom is -0.478 e. The van der Waals surface area contributed by atoms with Gasteiger partial charge in [0.05, 0.1) is 11.3 Å². The zero-order valence-corrected chi connectivity index (χ0v) is 12.2. The van der Waals surface area contributed by atoms with Gasteiger partial charge in [0.2, 0.25) is 0 Å². The first-order valence-corrected chi connectivity index (χ1v) is 6.43. The molecule has 0 heterocycles. The van der Waals surface area contributed by atoms with Crippen LogP contribution in [-0.2, 0) is 4.74 Å². The Morgan fingerprint density at radius 1 is 1.29 bits per heavy atom. The summed E-state index contributed by atoms with van der Waals surface area (Å²) in [4.78, 5) is 22.4. The minimum absolute atomic E-state index is 0.101. The van der Waals surface area contributed by atoms with Crippen LogP contribution >= 0.6 is 0 Å². The van der Waals surface area contributed by atoms with E-state index in [9.17, 15) is 14.0 Å². The van der Waals surface area contributed by atoms with Crippen LogP contribution in [0, 0.1) is 5.82 Å². The molecule has 21 heavy (non-hydrogen) atoms. The molecule has 0 aliphatic rings. The molecule has 1 aromatic rings. The number of ether oxygens (including phenoxy) is 1. The van der Waals surface area contributed by atoms with E-state index >= 15 is 0 Å². The van der Waals surface area contributed by atoms with Gasteiger partial charge < -0.3 is 20.5 Å². The molecule has 0 radical (unpaired) electrons. The number of hydrogen-bond donors (Lipinski definition) is 3. The van der Waals surface area contributed by atoms with E-state index in [-0.39, 0.29) is 24.3 Å². The summed E-state index contributed by atoms with van der Waals surface area (Å²) < 4.78 is 18.6. The Balaban J connectivity index is 2.50. The van der Waals surface area contributed by atoms with Gasteiger partial charge >= 0.3 is 12.1 Å². The number of halogens is 1. The van der Waals surface area contributed by atoms with Gasteiger partial charge in [0.1, 0.15) is 11.4 Å². The predicted octanol–water partition coefficient (Wildman–Crippen LogP) is 2.46. The summed E-state index contributed by atoms with van der Waals surface area (Å²) in [6.07, 6.45) is -0.587. The number of anilines is 1. The van der Waals surface area contributed by atoms with Gasteiger partial charge in [0.25, 0.3) is 0 Å². The first-order valence-electron chi connectivity index (χ1n) is 6.43. The largest absolute Gasteiger partial charge is 0.478 e. The van der Waals surface area contributed by atoms with Crippen LogP contribution in [0.15, 0.2) is 18.2 Å². The van der Waals surface area contributed by atoms with E-state index in [1.54, 1.807) is 20.8 Å². The first kappa shape index (κ1) is 16.7. The van der Waals surface area contributed by atoms with Crippen molar-refractivity contribution in [3.63, 3.8) is 0 Å². The number of rotatable bonds is 5. The number of aromatic carboxylic acids is 1. The van der Waals surface area contributed by atoms with Crippen molar-refractivity contribution in [2.24, 2.45) is 0 Å². The van der Waals surface area contributed by atoms with Gasteiger partial charge in [-0.2, -0.15) is 0 Å². The molecule has 6 nitrogen and oxygen atoms in total. The fraction of sp³-hybridized carbons (Fsp3) is 0.429. The number of hydrogen-bond acceptors (Lipinski definition) is 4. The molecule has 3 N–H and O–H groups in total. The van der Waals surface area contributed by atoms with Gasteiger partial charge in [0.15, 0.2) is 0 Å². The quantitative estimate of drug-likeness (QED) is 0.727. The topological polar surface area (TPSA) is 87.7 Å². The van der Waals surface area contributed by atoms with E-state index in [2.05, 4.69) is 10.6 Å². The molecule has 0 aliphatic carbocycles. The molecule has 0 aromatic heterocycles. The molecule has 1 aromatic carbocycles. The van der Waals surface area contributed by atoms with Gasteiger partial charge in [-0.15, -0.1) is 0 Å². The first-order chi connectivity index (χ1) is 9.70. The monoisotopic (exact) mass is 298 g/mol. The third-order valence-corrected chi connectivity index (χ3v) is 2.34. The molecule has 0 fully saturated rings. The molecule has 0 bridgehead atoms. The highest BCUT2D eigenvalue weighted by Gasteiger charge is 2.16. The van der Waals surface area contributed by atoms with Gasteiger partial charge in [-0.05, 0) is 32.9 Å². The number of carbonyl (C=O) groups is 2. The fourth-order valence-corrected chi connectivity index (χ4v) is 1.55. The third-order valence-electron chi connectivity index (χ3n) is 2.34. The average Bonchev–Trinajstić information content (AvgIpc) is 2.33. The second kappa shape index (κ2) is 6.92. The van der Waals surface area contributed by atoms with E-state index in [0.29, 0.717) is 0 Å². The molecule has 0 unspecified atom stereocenters. The Hall–Kier alpha value is -2.31. The summed E-state index contributed by atoms with van der Waals surface area (Å²) in [5, 5.41) is 14.1. The Bertz CT molecular complexity index is 526. The normalized spacial score (nSPS) is 10.9. The molecule has 1 rings (SSSR count). The van der Waals surface area contributed by atoms with Crippen molar-refractivity contribution < 1.29 is 23.8 Å². The summed E-state index contributed by atoms with van der Waals surface area (Å²) >= 11 is 0. The van der Waals surface area contributed by atoms with Crippen LogP contribution in [0.2, 0.25) is 0 Å². The number of nitrogens with one attached hydrogen (secondary N) is 2. The number of carboxylic acid groups (broad SMARTS) is 1. The summed E-state index contributed by atoms with van der Waals surface area (Å²) in [6.45, 7) is 5.55. The Morgan fingerprint density at radius 3 is 2.52 bits per heavy atom. The zero-order chi connectivity index (χ0) is 16.0. The van der Waals surface area contributed by atoms with Crippen molar-refractivity contribution >= 4 is 17.7 Å². The number of para-hydroxylation sites is 1. The van der Waals surface area contributed by atoms with Crippen molar-refractivity contribution in [2.75, 3.05) is 18.4 Å². The Labute approximate surface area is 122 Å². The minimum atomic E-state index is -1.22. The summed E-state index contributed by atoms with van der Waals surface area (Å²) in [7, 11) is 0. The predicted molar refractivity (Wildman–Crippen MR) is 76.1 cm³/mol. The van der Waals surface area contributed by atoms with Gasteiger partial charge in [-0.3, -0.25) is 0 Å². The van der Waals surface area contributed by atoms with Crippen LogP contribution in [0.3, 0.4) is 0 Å². The SMILES string of the molecule is CC(C)(C)OC(=O)NCCNc1c(F)cccc1C(=O)O. The lowest BCUT2D eigenvalue weighted by Crippen LogP contribution is -2.35. The van der Waals surface area contributed by atoms with Crippen LogP contribution in [0.4, 0.5) is 14.9 Å². The number of alkyl carbamates (subject to hydrolysis) is 1. The number of carboxylic acids is 1. The van der Waals surface area contributed by atoms with Crippen LogP contribution < -0.4 is 10.6 Å². The maximum absolute atomic E-state index is 13.6. The Morgan fingerprint density at radius 2 is 1.95 bits per heavy atom. The second-order valence-electron chi connectivity index (χ2n) is 5.32. The van der Waals surface area contributed by atoms with Crippen LogP contribution in [0.1, 0.15) is 31.1 Å². The molecule has 0 atom stereocenters. The molecule has 1 amide bonds. The lowest BCUT2D eigenvalue weighted by atomic mass is 10.1. The van der Waals surface area contributed by atoms with Crippen molar-refractivity contribution in [1.29, 1.82) is 0 Å². The maximum Gasteiger partial charge on any atom is 0.407 e. The number of benzene rings is 1. The summed E-state index contributed by atoms with van der Waals surface area (Å²) in [6, 6.07) is 3.79. The molecule has 116 valence electrons. The molecule has 0 saturated carbocycles. The van der Waals surface area contributed by atoms with Gasteiger partial charge in [0, 0.05) is 13.1 Å². The van der Waals surface area contributed by atoms with Crippen molar-refractivity contribution in [3.8, 4) is 0 Å².